The number of hydrogen-bond donors (Lipinski definition) is 4. The van der Waals surface area contributed by atoms with Crippen molar-refractivity contribution in [3.8, 4) is 11.8 Å². The Kier molecular flexibility index (Phi) is 17.0. The number of carbonyl (C=O) groups excluding carboxylic acids is 4. The predicted octanol–water partition coefficient (Wildman–Crippen LogP) is 6.59. The number of hydrogen-bond acceptors (Lipinski definition) is 18. The Morgan fingerprint density at radius 3 is 1.64 bits per heavy atom. The van der Waals surface area contributed by atoms with E-state index in [0.29, 0.717) is 57.0 Å². The third-order valence-electron chi connectivity index (χ3n) is 13.2. The van der Waals surface area contributed by atoms with Gasteiger partial charge in [0.25, 0.3) is 0 Å². The highest BCUT2D eigenvalue weighted by Crippen LogP contribution is 2.40. The van der Waals surface area contributed by atoms with Crippen LogP contribution < -0.4 is 39.7 Å². The van der Waals surface area contributed by atoms with Crippen molar-refractivity contribution in [3.05, 3.63) is 60.4 Å². The van der Waals surface area contributed by atoms with Gasteiger partial charge in [-0.3, -0.25) is 30.0 Å². The lowest BCUT2D eigenvalue weighted by atomic mass is 10.00. The third-order valence-corrected chi connectivity index (χ3v) is 13.2. The summed E-state index contributed by atoms with van der Waals surface area (Å²) in [4.78, 5) is 84.1. The van der Waals surface area contributed by atoms with E-state index < -0.39 is 79.2 Å². The second kappa shape index (κ2) is 23.3. The fourth-order valence-corrected chi connectivity index (χ4v) is 9.14. The summed E-state index contributed by atoms with van der Waals surface area (Å²) < 4.78 is 100. The molecular formula is C49H58F6N12O10. The van der Waals surface area contributed by atoms with Crippen molar-refractivity contribution in [2.45, 2.75) is 109 Å². The lowest BCUT2D eigenvalue weighted by Gasteiger charge is -2.45. The number of nitrogens with zero attached hydrogens (tertiary/aromatic N) is 10. The number of amides is 4. The van der Waals surface area contributed by atoms with E-state index in [0.717, 1.165) is 26.7 Å². The van der Waals surface area contributed by atoms with Crippen LogP contribution in [0.4, 0.5) is 70.6 Å². The molecule has 4 N–H and O–H groups in total. The first kappa shape index (κ1) is 56.2. The summed E-state index contributed by atoms with van der Waals surface area (Å²) in [5.41, 5.74) is 1.05. The van der Waals surface area contributed by atoms with E-state index in [1.165, 1.54) is 34.3 Å². The SMILES string of the molecule is C[C@@H](CC(=O)c1ncc2c(n1)N(C(=O)Nc1cccc(OC[C@H](O)CO)n1)[C@H]1CCCN2C1)C(F)(F)F.C[C@@H](CC(=O)c1ncc2c(n1)N(C(=O)Nc1cccc(OC[C@H]3COC(C)(C)O3)n1)[C@H]1CCCN2C1)C(F)(F)F. The van der Waals surface area contributed by atoms with E-state index in [1.54, 1.807) is 24.3 Å². The van der Waals surface area contributed by atoms with Crippen LogP contribution in [0.1, 0.15) is 87.5 Å². The smallest absolute Gasteiger partial charge is 0.391 e. The van der Waals surface area contributed by atoms with Gasteiger partial charge in [0.05, 0.1) is 60.9 Å². The number of aromatic nitrogens is 6. The number of aliphatic hydroxyl groups is 2. The molecule has 4 aromatic rings. The summed E-state index contributed by atoms with van der Waals surface area (Å²) in [5, 5.41) is 23.8. The van der Waals surface area contributed by atoms with Crippen LogP contribution >= 0.6 is 0 Å². The molecule has 5 aliphatic heterocycles. The van der Waals surface area contributed by atoms with Gasteiger partial charge in [-0.25, -0.2) is 29.5 Å². The molecule has 28 heteroatoms. The Morgan fingerprint density at radius 2 is 1.21 bits per heavy atom. The number of urea groups is 2. The van der Waals surface area contributed by atoms with Crippen LogP contribution in [0, 0.1) is 11.8 Å². The van der Waals surface area contributed by atoms with Crippen LogP contribution in [0.3, 0.4) is 0 Å². The molecule has 9 rings (SSSR count). The molecule has 0 aliphatic carbocycles. The molecular weight excluding hydrogens is 1030 g/mol. The van der Waals surface area contributed by atoms with Gasteiger partial charge in [-0.1, -0.05) is 26.0 Å². The first-order chi connectivity index (χ1) is 36.5. The fourth-order valence-electron chi connectivity index (χ4n) is 9.14. The van der Waals surface area contributed by atoms with Gasteiger partial charge in [0, 0.05) is 51.2 Å². The van der Waals surface area contributed by atoms with Crippen LogP contribution in [-0.4, -0.2) is 159 Å². The molecule has 0 aromatic carbocycles. The predicted molar refractivity (Wildman–Crippen MR) is 263 cm³/mol. The summed E-state index contributed by atoms with van der Waals surface area (Å²) in [7, 11) is 0. The first-order valence-electron chi connectivity index (χ1n) is 24.9. The number of nitrogens with one attached hydrogen (secondary N) is 2. The molecule has 3 fully saturated rings. The minimum absolute atomic E-state index is 0.113. The average molecular weight is 1090 g/mol. The number of pyridine rings is 2. The van der Waals surface area contributed by atoms with Crippen molar-refractivity contribution < 1.29 is 74.7 Å². The van der Waals surface area contributed by atoms with Crippen molar-refractivity contribution in [3.63, 3.8) is 0 Å². The number of ketones is 2. The van der Waals surface area contributed by atoms with E-state index in [4.69, 9.17) is 24.1 Å². The van der Waals surface area contributed by atoms with Gasteiger partial charge < -0.3 is 39.0 Å². The molecule has 0 unspecified atom stereocenters. The van der Waals surface area contributed by atoms with Crippen molar-refractivity contribution in [1.82, 2.24) is 29.9 Å². The standard InChI is InChI=1S/C26H31F3N6O5.C23H27F3N6O5/c1-15(26(27,28)29)10-19(36)22-30-11-18-23(33-22)35(16-6-5-9-34(18)12-16)24(37)32-20-7-4-8-21(31-20)38-13-17-14-39-25(2,3)40-17;1-13(23(24,25)26)8-17(35)20-27-9-16-21(30-20)32(14-4-3-7-31(16)10-14)22(36)29-18-5-2-6-19(28-18)37-12-15(34)11-33/h4,7-8,11,15-17H,5-6,9-10,12-14H2,1-3H3,(H,31,32,37);2,5-6,9,13-15,33-34H,3-4,7-8,10-12H2,1H3,(H,28,29,36)/t15-,16-,17-;13-,14-,15+/m00/s1. The number of carbonyl (C=O) groups is 4. The highest BCUT2D eigenvalue weighted by Gasteiger charge is 2.43. The number of halogens is 6. The summed E-state index contributed by atoms with van der Waals surface area (Å²) in [6.07, 6.45) is -6.23. The number of ether oxygens (including phenoxy) is 4. The Hall–Kier alpha value is -7.04. The Bertz CT molecular complexity index is 2800. The molecule has 77 heavy (non-hydrogen) atoms. The minimum Gasteiger partial charge on any atom is -0.475 e. The zero-order valence-corrected chi connectivity index (χ0v) is 42.4. The van der Waals surface area contributed by atoms with Crippen molar-refractivity contribution >= 4 is 58.3 Å². The van der Waals surface area contributed by atoms with E-state index in [9.17, 15) is 50.6 Å². The average Bonchev–Trinajstić information content (AvgIpc) is 3.84. The number of aliphatic hydroxyl groups excluding tert-OH is 2. The van der Waals surface area contributed by atoms with Crippen LogP contribution in [0.25, 0.3) is 0 Å². The minimum atomic E-state index is -4.53. The number of fused-ring (bicyclic) bond motifs is 8. The number of anilines is 6. The maximum absolute atomic E-state index is 13.6. The van der Waals surface area contributed by atoms with Gasteiger partial charge in [-0.15, -0.1) is 0 Å². The Labute approximate surface area is 437 Å². The summed E-state index contributed by atoms with van der Waals surface area (Å²) in [5.74, 6) is -5.74. The van der Waals surface area contributed by atoms with Crippen LogP contribution in [0.5, 0.6) is 11.8 Å². The number of Topliss-reactive ketones (excluding diaryl/α,β-unsaturated/α-hetero) is 2. The lowest BCUT2D eigenvalue weighted by Crippen LogP contribution is -2.56. The summed E-state index contributed by atoms with van der Waals surface area (Å²) >= 11 is 0. The van der Waals surface area contributed by atoms with E-state index in [-0.39, 0.29) is 78.1 Å². The molecule has 0 saturated carbocycles. The second-order valence-electron chi connectivity index (χ2n) is 19.7. The molecule has 4 bridgehead atoms. The van der Waals surface area contributed by atoms with Crippen molar-refractivity contribution in [1.29, 1.82) is 0 Å². The Balaban J connectivity index is 0.000000204. The molecule has 0 radical (unpaired) electrons. The number of piperidine rings is 2. The van der Waals surface area contributed by atoms with Crippen LogP contribution in [0.2, 0.25) is 0 Å². The van der Waals surface area contributed by atoms with Crippen molar-refractivity contribution in [2.75, 3.05) is 82.8 Å². The van der Waals surface area contributed by atoms with Gasteiger partial charge in [-0.2, -0.15) is 36.3 Å². The van der Waals surface area contributed by atoms with E-state index in [2.05, 4.69) is 40.5 Å². The second-order valence-corrected chi connectivity index (χ2v) is 19.7. The van der Waals surface area contributed by atoms with Crippen LogP contribution in [-0.2, 0) is 9.47 Å². The molecule has 3 saturated heterocycles. The molecule has 4 aromatic heterocycles. The molecule has 6 atom stereocenters. The maximum atomic E-state index is 13.6. The number of alkyl halides is 6. The third kappa shape index (κ3) is 13.7. The van der Waals surface area contributed by atoms with Gasteiger partial charge in [0.15, 0.2) is 29.1 Å². The summed E-state index contributed by atoms with van der Waals surface area (Å²) in [6, 6.07) is 7.90. The van der Waals surface area contributed by atoms with Gasteiger partial charge in [-0.05, 0) is 51.7 Å². The topological polar surface area (TPSA) is 260 Å². The molecule has 4 amide bonds. The number of rotatable bonds is 15. The molecule has 416 valence electrons. The monoisotopic (exact) mass is 1090 g/mol. The lowest BCUT2D eigenvalue weighted by molar-refractivity contribution is -0.169. The van der Waals surface area contributed by atoms with Gasteiger partial charge >= 0.3 is 24.4 Å². The van der Waals surface area contributed by atoms with Crippen LogP contribution in [0.15, 0.2) is 48.8 Å². The highest BCUT2D eigenvalue weighted by molar-refractivity contribution is 6.05. The van der Waals surface area contributed by atoms with Gasteiger partial charge in [0.1, 0.15) is 37.1 Å². The Morgan fingerprint density at radius 1 is 0.740 bits per heavy atom. The quantitative estimate of drug-likeness (QED) is 0.0723. The molecule has 5 aliphatic rings. The normalized spacial score (nSPS) is 20.6. The molecule has 9 heterocycles. The van der Waals surface area contributed by atoms with E-state index >= 15 is 0 Å². The van der Waals surface area contributed by atoms with Gasteiger partial charge in [0.2, 0.25) is 23.3 Å². The summed E-state index contributed by atoms with van der Waals surface area (Å²) in [6.45, 7) is 7.88. The molecule has 22 nitrogen and oxygen atoms in total. The largest absolute Gasteiger partial charge is 0.475 e. The van der Waals surface area contributed by atoms with E-state index in [1.807, 2.05) is 23.6 Å². The maximum Gasteiger partial charge on any atom is 0.391 e. The zero-order valence-electron chi connectivity index (χ0n) is 42.4. The first-order valence-corrected chi connectivity index (χ1v) is 24.9. The zero-order chi connectivity index (χ0) is 55.4. The molecule has 0 spiro atoms. The van der Waals surface area contributed by atoms with Crippen molar-refractivity contribution in [2.24, 2.45) is 11.8 Å². The fraction of sp³-hybridized carbons (Fsp3) is 0.551. The highest BCUT2D eigenvalue weighted by atomic mass is 19.4.